The normalized spacial score (nSPS) is 16.5. The number of likely N-dealkylation sites (tertiary alicyclic amines) is 1. The van der Waals surface area contributed by atoms with Gasteiger partial charge in [0.15, 0.2) is 0 Å². The number of carbonyl (C=O) groups excluding carboxylic acids is 11. The molecule has 11 amide bonds. The maximum Gasteiger partial charge on any atom is 0.305 e. The standard InChI is InChI=1S/C58H80N12O14/c1-31(2)46(56(82)61-30-44(72)62-33(5)50(76)65-41(28-38-22-15-10-16-23-38)53(79)63-34(6)51(77)64-40(49(60)75)27-37-20-13-9-14-21-37)67-54(80)42(29-45(73)74)66-57(83)48(35(7)71)69-55(81)43-24-17-25-70(43)58(84)47(32(3)4)68-52(78)39(59)26-36-18-11-8-12-19-36/h8-16,18-23,31-35,39-43,46-48,71H,17,24-30,59H2,1-7H3,(H2,60,75)(H,61,82)(H,62,72)(H,63,79)(H,64,77)(H,65,76)(H,66,83)(H,67,80)(H,68,78)(H,69,81)(H,73,74)/t33-,34-,35+,39-,40-,41-,42-,43-,46-,47-,48-/m0/s1. The minimum atomic E-state index is -1.88. The summed E-state index contributed by atoms with van der Waals surface area (Å²) in [5.74, 6) is -12.0. The molecule has 26 heteroatoms. The molecule has 1 saturated heterocycles. The van der Waals surface area contributed by atoms with Gasteiger partial charge in [-0.2, -0.15) is 0 Å². The number of aliphatic hydroxyl groups is 1. The quantitative estimate of drug-likeness (QED) is 0.0323. The van der Waals surface area contributed by atoms with Crippen LogP contribution >= 0.6 is 0 Å². The van der Waals surface area contributed by atoms with Gasteiger partial charge in [-0.05, 0) is 68.6 Å². The van der Waals surface area contributed by atoms with Gasteiger partial charge in [-0.3, -0.25) is 57.5 Å². The Labute approximate surface area is 487 Å². The van der Waals surface area contributed by atoms with Crippen molar-refractivity contribution in [3.63, 3.8) is 0 Å². The molecule has 26 nitrogen and oxygen atoms in total. The number of hydrogen-bond donors (Lipinski definition) is 13. The number of carbonyl (C=O) groups is 12. The number of aliphatic hydroxyl groups excluding tert-OH is 1. The third-order valence-electron chi connectivity index (χ3n) is 13.8. The van der Waals surface area contributed by atoms with Crippen LogP contribution in [0.25, 0.3) is 0 Å². The summed E-state index contributed by atoms with van der Waals surface area (Å²) in [5.41, 5.74) is 13.9. The van der Waals surface area contributed by atoms with Crippen LogP contribution in [0.5, 0.6) is 0 Å². The van der Waals surface area contributed by atoms with Crippen LogP contribution < -0.4 is 59.3 Å². The van der Waals surface area contributed by atoms with Crippen molar-refractivity contribution in [3.8, 4) is 0 Å². The highest BCUT2D eigenvalue weighted by Gasteiger charge is 2.42. The molecule has 0 spiro atoms. The second-order valence-corrected chi connectivity index (χ2v) is 21.5. The second kappa shape index (κ2) is 32.8. The van der Waals surface area contributed by atoms with Crippen molar-refractivity contribution in [3.05, 3.63) is 108 Å². The fourth-order valence-electron chi connectivity index (χ4n) is 9.05. The van der Waals surface area contributed by atoms with Crippen molar-refractivity contribution in [1.29, 1.82) is 0 Å². The topological polar surface area (TPSA) is 409 Å². The first-order chi connectivity index (χ1) is 39.7. The Morgan fingerprint density at radius 2 is 0.988 bits per heavy atom. The lowest BCUT2D eigenvalue weighted by atomic mass is 10.00. The van der Waals surface area contributed by atoms with E-state index in [1.54, 1.807) is 86.6 Å². The number of carboxylic acid groups (broad SMARTS) is 1. The Hall–Kier alpha value is -8.78. The van der Waals surface area contributed by atoms with E-state index in [-0.39, 0.29) is 32.2 Å². The molecule has 0 unspecified atom stereocenters. The number of rotatable bonds is 31. The van der Waals surface area contributed by atoms with E-state index in [1.807, 2.05) is 18.2 Å². The van der Waals surface area contributed by atoms with Gasteiger partial charge in [0.05, 0.1) is 25.1 Å². The third kappa shape index (κ3) is 21.2. The van der Waals surface area contributed by atoms with Gasteiger partial charge >= 0.3 is 5.97 Å². The minimum absolute atomic E-state index is 0.0443. The van der Waals surface area contributed by atoms with E-state index in [9.17, 15) is 67.7 Å². The Bertz CT molecular complexity index is 2790. The summed E-state index contributed by atoms with van der Waals surface area (Å²) >= 11 is 0. The average Bonchev–Trinajstić information content (AvgIpc) is 4.11. The molecule has 3 aromatic rings. The number of primary amides is 1. The molecule has 0 aromatic heterocycles. The molecule has 84 heavy (non-hydrogen) atoms. The molecule has 0 bridgehead atoms. The molecular formula is C58H80N12O14. The Kier molecular flexibility index (Phi) is 26.4. The second-order valence-electron chi connectivity index (χ2n) is 21.5. The van der Waals surface area contributed by atoms with Crippen molar-refractivity contribution < 1.29 is 67.7 Å². The van der Waals surface area contributed by atoms with Gasteiger partial charge in [-0.15, -0.1) is 0 Å². The number of aliphatic carboxylic acids is 1. The van der Waals surface area contributed by atoms with Crippen LogP contribution in [0, 0.1) is 11.8 Å². The van der Waals surface area contributed by atoms with E-state index in [2.05, 4.69) is 47.9 Å². The zero-order valence-corrected chi connectivity index (χ0v) is 48.2. The van der Waals surface area contributed by atoms with E-state index in [0.717, 1.165) is 18.1 Å². The lowest BCUT2D eigenvalue weighted by Crippen LogP contribution is -2.62. The number of nitrogens with two attached hydrogens (primary N) is 2. The van der Waals surface area contributed by atoms with Crippen LogP contribution in [0.4, 0.5) is 0 Å². The third-order valence-corrected chi connectivity index (χ3v) is 13.8. The summed E-state index contributed by atoms with van der Waals surface area (Å²) in [5, 5.41) is 42.7. The van der Waals surface area contributed by atoms with E-state index < -0.39 is 162 Å². The number of hydrogen-bond acceptors (Lipinski definition) is 14. The molecule has 15 N–H and O–H groups in total. The van der Waals surface area contributed by atoms with Crippen molar-refractivity contribution in [2.24, 2.45) is 23.3 Å². The van der Waals surface area contributed by atoms with Crippen LogP contribution in [-0.2, 0) is 76.8 Å². The lowest BCUT2D eigenvalue weighted by Gasteiger charge is -2.32. The predicted octanol–water partition coefficient (Wildman–Crippen LogP) is -2.28. The summed E-state index contributed by atoms with van der Waals surface area (Å²) in [6.07, 6.45) is -1.88. The fourth-order valence-corrected chi connectivity index (χ4v) is 9.05. The molecule has 1 aliphatic rings. The summed E-state index contributed by atoms with van der Waals surface area (Å²) in [6, 6.07) is 13.2. The molecule has 1 aliphatic heterocycles. The minimum Gasteiger partial charge on any atom is -0.481 e. The Balaban J connectivity index is 1.35. The van der Waals surface area contributed by atoms with E-state index in [1.165, 1.54) is 32.6 Å². The van der Waals surface area contributed by atoms with E-state index >= 15 is 0 Å². The summed E-state index contributed by atoms with van der Waals surface area (Å²) in [6.45, 7) is 9.69. The highest BCUT2D eigenvalue weighted by atomic mass is 16.4. The molecule has 1 heterocycles. The summed E-state index contributed by atoms with van der Waals surface area (Å²) < 4.78 is 0. The zero-order valence-electron chi connectivity index (χ0n) is 48.2. The van der Waals surface area contributed by atoms with Crippen molar-refractivity contribution in [2.75, 3.05) is 13.1 Å². The molecule has 456 valence electrons. The Morgan fingerprint density at radius 3 is 1.49 bits per heavy atom. The van der Waals surface area contributed by atoms with Crippen molar-refractivity contribution >= 4 is 70.9 Å². The van der Waals surface area contributed by atoms with Gasteiger partial charge in [0.1, 0.15) is 54.4 Å². The predicted molar refractivity (Wildman–Crippen MR) is 306 cm³/mol. The van der Waals surface area contributed by atoms with Crippen molar-refractivity contribution in [2.45, 2.75) is 154 Å². The van der Waals surface area contributed by atoms with E-state index in [0.29, 0.717) is 12.0 Å². The van der Waals surface area contributed by atoms with Gasteiger partial charge in [0.2, 0.25) is 65.0 Å². The number of nitrogens with one attached hydrogen (secondary N) is 9. The molecule has 0 aliphatic carbocycles. The monoisotopic (exact) mass is 1170 g/mol. The van der Waals surface area contributed by atoms with Gasteiger partial charge in [-0.1, -0.05) is 119 Å². The molecule has 0 radical (unpaired) electrons. The summed E-state index contributed by atoms with van der Waals surface area (Å²) in [4.78, 5) is 161. The van der Waals surface area contributed by atoms with Gasteiger partial charge in [0, 0.05) is 19.4 Å². The highest BCUT2D eigenvalue weighted by molar-refractivity contribution is 5.99. The van der Waals surface area contributed by atoms with Crippen molar-refractivity contribution in [1.82, 2.24) is 52.8 Å². The summed E-state index contributed by atoms with van der Waals surface area (Å²) in [7, 11) is 0. The van der Waals surface area contributed by atoms with Crippen LogP contribution in [0.1, 0.15) is 84.4 Å². The Morgan fingerprint density at radius 1 is 0.524 bits per heavy atom. The van der Waals surface area contributed by atoms with Crippen LogP contribution in [0.15, 0.2) is 91.0 Å². The number of carboxylic acids is 1. The fraction of sp³-hybridized carbons (Fsp3) is 0.483. The first kappa shape index (κ1) is 67.7. The highest BCUT2D eigenvalue weighted by Crippen LogP contribution is 2.21. The van der Waals surface area contributed by atoms with Gasteiger partial charge in [-0.25, -0.2) is 0 Å². The first-order valence-electron chi connectivity index (χ1n) is 27.7. The lowest BCUT2D eigenvalue weighted by molar-refractivity contribution is -0.144. The maximum absolute atomic E-state index is 14.0. The zero-order chi connectivity index (χ0) is 62.4. The average molecular weight is 1170 g/mol. The van der Waals surface area contributed by atoms with Crippen LogP contribution in [-0.4, -0.2) is 166 Å². The van der Waals surface area contributed by atoms with Gasteiger partial charge in [0.25, 0.3) is 0 Å². The molecule has 4 rings (SSSR count). The number of benzene rings is 3. The molecule has 1 fully saturated rings. The van der Waals surface area contributed by atoms with Gasteiger partial charge < -0.3 is 74.4 Å². The molecule has 11 atom stereocenters. The first-order valence-corrected chi connectivity index (χ1v) is 27.7. The van der Waals surface area contributed by atoms with Crippen LogP contribution in [0.2, 0.25) is 0 Å². The smallest absolute Gasteiger partial charge is 0.305 e. The number of amides is 11. The maximum atomic E-state index is 14.0. The molecule has 0 saturated carbocycles. The SMILES string of the molecule is CC(C)[C@H](NC(=O)[C@H](CC(=O)O)NC(=O)[C@@H](NC(=O)[C@@H]1CCCN1C(=O)[C@@H](NC(=O)[C@@H](N)Cc1ccccc1)C(C)C)[C@@H](C)O)C(=O)NCC(=O)N[C@@H](C)C(=O)N[C@@H](Cc1ccccc1)C(=O)N[C@@H](C)C(=O)N[C@@H](Cc1ccccc1)C(N)=O. The molecular weight excluding hydrogens is 1090 g/mol. The largest absolute Gasteiger partial charge is 0.481 e. The molecule has 3 aromatic carbocycles. The van der Waals surface area contributed by atoms with Crippen LogP contribution in [0.3, 0.4) is 0 Å². The van der Waals surface area contributed by atoms with E-state index in [4.69, 9.17) is 11.5 Å². The number of nitrogens with zero attached hydrogens (tertiary/aromatic N) is 1.